The molecule has 0 aliphatic carbocycles. The van der Waals surface area contributed by atoms with E-state index in [0.29, 0.717) is 6.04 Å². The van der Waals surface area contributed by atoms with Crippen LogP contribution in [0.4, 0.5) is 5.69 Å². The molecule has 1 fully saturated rings. The third-order valence-electron chi connectivity index (χ3n) is 5.17. The standard InChI is InChI=1S/C20H24N4O2S/c21-27(25,26)19-13-16-7-4-8-18(20(16)23-19)24(17-9-11-22-12-10-17)14-15-5-2-1-3-6-15/h1-8,13,17,22-23H,9-12,14H2,(H2,21,25,26). The van der Waals surface area contributed by atoms with Crippen LogP contribution in [0.2, 0.25) is 0 Å². The number of aromatic nitrogens is 1. The second-order valence-electron chi connectivity index (χ2n) is 7.01. The van der Waals surface area contributed by atoms with Gasteiger partial charge in [0.05, 0.1) is 11.2 Å². The van der Waals surface area contributed by atoms with Gasteiger partial charge >= 0.3 is 0 Å². The number of aromatic amines is 1. The molecule has 0 saturated carbocycles. The maximum Gasteiger partial charge on any atom is 0.253 e. The number of nitrogens with zero attached hydrogens (tertiary/aromatic N) is 1. The Hall–Kier alpha value is -2.35. The topological polar surface area (TPSA) is 91.2 Å². The largest absolute Gasteiger partial charge is 0.362 e. The Labute approximate surface area is 159 Å². The van der Waals surface area contributed by atoms with E-state index in [1.807, 2.05) is 30.3 Å². The van der Waals surface area contributed by atoms with Gasteiger partial charge in [-0.2, -0.15) is 0 Å². The lowest BCUT2D eigenvalue weighted by molar-refractivity contribution is 0.428. The van der Waals surface area contributed by atoms with Crippen LogP contribution >= 0.6 is 0 Å². The summed E-state index contributed by atoms with van der Waals surface area (Å²) in [5.74, 6) is 0. The summed E-state index contributed by atoms with van der Waals surface area (Å²) in [5.41, 5.74) is 3.06. The highest BCUT2D eigenvalue weighted by Crippen LogP contribution is 2.32. The van der Waals surface area contributed by atoms with E-state index >= 15 is 0 Å². The number of nitrogens with two attached hydrogens (primary N) is 1. The molecule has 0 amide bonds. The van der Waals surface area contributed by atoms with Crippen LogP contribution < -0.4 is 15.4 Å². The second kappa shape index (κ2) is 7.34. The van der Waals surface area contributed by atoms with Crippen molar-refractivity contribution in [2.24, 2.45) is 5.14 Å². The van der Waals surface area contributed by atoms with Gasteiger partial charge in [-0.05, 0) is 43.6 Å². The lowest BCUT2D eigenvalue weighted by Crippen LogP contribution is -2.43. The van der Waals surface area contributed by atoms with E-state index in [0.717, 1.165) is 49.1 Å². The van der Waals surface area contributed by atoms with E-state index in [1.54, 1.807) is 6.07 Å². The molecule has 7 heteroatoms. The van der Waals surface area contributed by atoms with Crippen LogP contribution in [0, 0.1) is 0 Å². The van der Waals surface area contributed by atoms with Gasteiger partial charge in [0.15, 0.2) is 0 Å². The van der Waals surface area contributed by atoms with Crippen molar-refractivity contribution < 1.29 is 8.42 Å². The highest BCUT2D eigenvalue weighted by Gasteiger charge is 2.24. The molecule has 1 aliphatic rings. The number of nitrogens with one attached hydrogen (secondary N) is 2. The van der Waals surface area contributed by atoms with Gasteiger partial charge in [0, 0.05) is 18.0 Å². The smallest absolute Gasteiger partial charge is 0.253 e. The Balaban J connectivity index is 1.80. The second-order valence-corrected chi connectivity index (χ2v) is 8.54. The fraction of sp³-hybridized carbons (Fsp3) is 0.300. The fourth-order valence-corrected chi connectivity index (χ4v) is 4.35. The highest BCUT2D eigenvalue weighted by molar-refractivity contribution is 7.89. The van der Waals surface area contributed by atoms with E-state index in [1.165, 1.54) is 5.56 Å². The third-order valence-corrected chi connectivity index (χ3v) is 6.00. The molecular weight excluding hydrogens is 360 g/mol. The third kappa shape index (κ3) is 3.85. The highest BCUT2D eigenvalue weighted by atomic mass is 32.2. The summed E-state index contributed by atoms with van der Waals surface area (Å²) in [7, 11) is -3.77. The van der Waals surface area contributed by atoms with Crippen molar-refractivity contribution in [3.05, 3.63) is 60.2 Å². The molecule has 3 aromatic rings. The molecule has 2 heterocycles. The predicted octanol–water partition coefficient (Wildman–Crippen LogP) is 2.57. The number of primary sulfonamides is 1. The Morgan fingerprint density at radius 2 is 1.78 bits per heavy atom. The number of hydrogen-bond donors (Lipinski definition) is 3. The number of H-pyrrole nitrogens is 1. The van der Waals surface area contributed by atoms with Gasteiger partial charge in [0.1, 0.15) is 5.03 Å². The molecule has 2 aromatic carbocycles. The zero-order chi connectivity index (χ0) is 18.9. The average Bonchev–Trinajstić information content (AvgIpc) is 3.13. The molecule has 1 aliphatic heterocycles. The summed E-state index contributed by atoms with van der Waals surface area (Å²) in [6.45, 7) is 2.74. The first-order valence-electron chi connectivity index (χ1n) is 9.18. The summed E-state index contributed by atoms with van der Waals surface area (Å²) >= 11 is 0. The molecule has 0 radical (unpaired) electrons. The number of fused-ring (bicyclic) bond motifs is 1. The number of piperidine rings is 1. The van der Waals surface area contributed by atoms with Crippen molar-refractivity contribution in [2.75, 3.05) is 18.0 Å². The van der Waals surface area contributed by atoms with Crippen LogP contribution in [0.25, 0.3) is 10.9 Å². The van der Waals surface area contributed by atoms with E-state index in [-0.39, 0.29) is 5.03 Å². The number of sulfonamides is 1. The van der Waals surface area contributed by atoms with E-state index in [9.17, 15) is 8.42 Å². The van der Waals surface area contributed by atoms with Crippen LogP contribution in [-0.2, 0) is 16.6 Å². The monoisotopic (exact) mass is 384 g/mol. The van der Waals surface area contributed by atoms with Crippen molar-refractivity contribution in [2.45, 2.75) is 30.5 Å². The number of rotatable bonds is 5. The molecule has 4 N–H and O–H groups in total. The Morgan fingerprint density at radius 3 is 2.48 bits per heavy atom. The fourth-order valence-electron chi connectivity index (χ4n) is 3.82. The molecule has 6 nitrogen and oxygen atoms in total. The molecule has 27 heavy (non-hydrogen) atoms. The van der Waals surface area contributed by atoms with Gasteiger partial charge in [-0.1, -0.05) is 42.5 Å². The van der Waals surface area contributed by atoms with Crippen LogP contribution in [0.3, 0.4) is 0 Å². The molecule has 0 atom stereocenters. The summed E-state index contributed by atoms with van der Waals surface area (Å²) in [4.78, 5) is 5.43. The van der Waals surface area contributed by atoms with E-state index < -0.39 is 10.0 Å². The van der Waals surface area contributed by atoms with E-state index in [2.05, 4.69) is 33.4 Å². The van der Waals surface area contributed by atoms with E-state index in [4.69, 9.17) is 5.14 Å². The maximum absolute atomic E-state index is 11.8. The number of benzene rings is 2. The normalized spacial score (nSPS) is 15.9. The lowest BCUT2D eigenvalue weighted by atomic mass is 10.0. The minimum absolute atomic E-state index is 0.0509. The first-order valence-corrected chi connectivity index (χ1v) is 10.7. The van der Waals surface area contributed by atoms with Gasteiger partial charge in [0.25, 0.3) is 10.0 Å². The minimum atomic E-state index is -3.77. The molecule has 1 saturated heterocycles. The zero-order valence-electron chi connectivity index (χ0n) is 15.1. The summed E-state index contributed by atoms with van der Waals surface area (Å²) < 4.78 is 23.6. The zero-order valence-corrected chi connectivity index (χ0v) is 15.9. The van der Waals surface area contributed by atoms with Crippen molar-refractivity contribution in [1.82, 2.24) is 10.3 Å². The maximum atomic E-state index is 11.8. The average molecular weight is 385 g/mol. The number of anilines is 1. The van der Waals surface area contributed by atoms with Crippen LogP contribution in [-0.4, -0.2) is 32.5 Å². The lowest BCUT2D eigenvalue weighted by Gasteiger charge is -2.37. The quantitative estimate of drug-likeness (QED) is 0.630. The van der Waals surface area contributed by atoms with Crippen LogP contribution in [0.15, 0.2) is 59.6 Å². The molecular formula is C20H24N4O2S. The molecule has 0 spiro atoms. The molecule has 1 aromatic heterocycles. The Kier molecular flexibility index (Phi) is 4.90. The molecule has 142 valence electrons. The Bertz CT molecular complexity index is 1020. The van der Waals surface area contributed by atoms with Gasteiger partial charge in [-0.3, -0.25) is 0 Å². The first-order chi connectivity index (χ1) is 13.0. The number of hydrogen-bond acceptors (Lipinski definition) is 4. The summed E-state index contributed by atoms with van der Waals surface area (Å²) in [6, 6.07) is 18.3. The first kappa shape index (κ1) is 18.0. The minimum Gasteiger partial charge on any atom is -0.362 e. The molecule has 0 bridgehead atoms. The van der Waals surface area contributed by atoms with Gasteiger partial charge in [-0.15, -0.1) is 0 Å². The molecule has 4 rings (SSSR count). The van der Waals surface area contributed by atoms with Crippen molar-refractivity contribution in [3.63, 3.8) is 0 Å². The molecule has 0 unspecified atom stereocenters. The predicted molar refractivity (Wildman–Crippen MR) is 108 cm³/mol. The van der Waals surface area contributed by atoms with Crippen molar-refractivity contribution in [3.8, 4) is 0 Å². The Morgan fingerprint density at radius 1 is 1.04 bits per heavy atom. The van der Waals surface area contributed by atoms with Gasteiger partial charge in [-0.25, -0.2) is 13.6 Å². The van der Waals surface area contributed by atoms with Crippen LogP contribution in [0.1, 0.15) is 18.4 Å². The van der Waals surface area contributed by atoms with Crippen molar-refractivity contribution >= 4 is 26.6 Å². The van der Waals surface area contributed by atoms with Gasteiger partial charge in [0.2, 0.25) is 0 Å². The van der Waals surface area contributed by atoms with Crippen molar-refractivity contribution in [1.29, 1.82) is 0 Å². The van der Waals surface area contributed by atoms with Gasteiger partial charge < -0.3 is 15.2 Å². The number of para-hydroxylation sites is 1. The summed E-state index contributed by atoms with van der Waals surface area (Å²) in [5, 5.41) is 9.65. The SMILES string of the molecule is NS(=O)(=O)c1cc2cccc(N(Cc3ccccc3)C3CCNCC3)c2[nH]1. The summed E-state index contributed by atoms with van der Waals surface area (Å²) in [6.07, 6.45) is 2.10. The van der Waals surface area contributed by atoms with Crippen LogP contribution in [0.5, 0.6) is 0 Å².